The predicted octanol–water partition coefficient (Wildman–Crippen LogP) is 6.89. The van der Waals surface area contributed by atoms with Crippen LogP contribution in [0.4, 0.5) is 11.6 Å². The highest BCUT2D eigenvalue weighted by molar-refractivity contribution is 6.33. The summed E-state index contributed by atoms with van der Waals surface area (Å²) in [7, 11) is 1.85. The van der Waals surface area contributed by atoms with E-state index in [1.54, 1.807) is 12.3 Å². The molecule has 2 aliphatic heterocycles. The average molecular weight is 857 g/mol. The number of aromatic nitrogens is 2. The number of hydrogen-bond donors (Lipinski definition) is 5. The number of cyclic esters (lactones) is 1. The zero-order chi connectivity index (χ0) is 44.4. The Hall–Kier alpha value is -5.01. The zero-order valence-electron chi connectivity index (χ0n) is 37.3. The van der Waals surface area contributed by atoms with E-state index in [0.717, 1.165) is 67.6 Å². The molecule has 0 radical (unpaired) electrons. The van der Waals surface area contributed by atoms with Crippen LogP contribution in [-0.4, -0.2) is 83.3 Å². The summed E-state index contributed by atoms with van der Waals surface area (Å²) in [6.07, 6.45) is 18.7. The lowest BCUT2D eigenvalue weighted by molar-refractivity contribution is -0.150. The number of aliphatic hydroxyl groups is 1. The molecule has 4 heterocycles. The topological polar surface area (TPSA) is 181 Å². The second-order valence-corrected chi connectivity index (χ2v) is 18.9. The number of allylic oxidation sites excluding steroid dienone is 4. The second-order valence-electron chi connectivity index (χ2n) is 18.9. The van der Waals surface area contributed by atoms with Gasteiger partial charge in [0.2, 0.25) is 5.78 Å². The monoisotopic (exact) mass is 856 g/mol. The molecule has 5 aliphatic rings. The summed E-state index contributed by atoms with van der Waals surface area (Å²) in [6, 6.07) is 13.2. The molecule has 4 bridgehead atoms. The largest absolute Gasteiger partial charge is 0.463 e. The Bertz CT molecular complexity index is 2310. The van der Waals surface area contributed by atoms with Crippen molar-refractivity contribution in [3.63, 3.8) is 0 Å². The molecule has 1 aromatic carbocycles. The van der Waals surface area contributed by atoms with Crippen LogP contribution in [0, 0.1) is 23.2 Å². The first kappa shape index (κ1) is 44.6. The molecule has 63 heavy (non-hydrogen) atoms. The maximum atomic E-state index is 15.4. The van der Waals surface area contributed by atoms with E-state index in [0.29, 0.717) is 61.1 Å². The van der Waals surface area contributed by atoms with Crippen LogP contribution in [0.3, 0.4) is 0 Å². The number of nitrogens with one attached hydrogen (secondary N) is 3. The van der Waals surface area contributed by atoms with Crippen LogP contribution in [0.5, 0.6) is 0 Å². The van der Waals surface area contributed by atoms with Crippen LogP contribution in [0.1, 0.15) is 110 Å². The van der Waals surface area contributed by atoms with Crippen LogP contribution < -0.4 is 21.7 Å². The number of nitrogen functional groups attached to an aromatic ring is 1. The van der Waals surface area contributed by atoms with Crippen LogP contribution in [0.2, 0.25) is 0 Å². The van der Waals surface area contributed by atoms with Crippen molar-refractivity contribution in [2.75, 3.05) is 44.5 Å². The molecule has 3 aliphatic carbocycles. The number of epoxide rings is 1. The molecule has 334 valence electrons. The van der Waals surface area contributed by atoms with Crippen molar-refractivity contribution in [2.24, 2.45) is 23.2 Å². The van der Waals surface area contributed by atoms with Gasteiger partial charge in [-0.1, -0.05) is 74.8 Å². The van der Waals surface area contributed by atoms with E-state index in [-0.39, 0.29) is 48.1 Å². The fourth-order valence-corrected chi connectivity index (χ4v) is 11.1. The summed E-state index contributed by atoms with van der Waals surface area (Å²) in [6.45, 7) is 7.28. The number of nitrogens with zero attached hydrogens (tertiary/aromatic N) is 2. The number of aliphatic hydroxyl groups excluding tert-OH is 1. The summed E-state index contributed by atoms with van der Waals surface area (Å²) in [5.41, 5.74) is 7.66. The van der Waals surface area contributed by atoms with Crippen molar-refractivity contribution >= 4 is 29.2 Å². The number of aryl methyl sites for hydroxylation is 1. The van der Waals surface area contributed by atoms with Gasteiger partial charge in [-0.25, -0.2) is 14.8 Å². The van der Waals surface area contributed by atoms with Gasteiger partial charge < -0.3 is 36.3 Å². The lowest BCUT2D eigenvalue weighted by atomic mass is 9.67. The van der Waals surface area contributed by atoms with Crippen molar-refractivity contribution < 1.29 is 29.0 Å². The van der Waals surface area contributed by atoms with Crippen molar-refractivity contribution in [1.29, 1.82) is 0 Å². The molecule has 1 spiro atoms. The third kappa shape index (κ3) is 8.79. The molecule has 0 amide bonds. The number of pyridine rings is 2. The number of anilines is 2. The number of hydrogen-bond acceptors (Lipinski definition) is 12. The highest BCUT2D eigenvalue weighted by atomic mass is 16.7. The molecular formula is C51H64N6O6. The number of ketones is 2. The first-order valence-corrected chi connectivity index (χ1v) is 23.0. The summed E-state index contributed by atoms with van der Waals surface area (Å²) >= 11 is 0. The van der Waals surface area contributed by atoms with Crippen LogP contribution in [0.25, 0.3) is 0 Å². The van der Waals surface area contributed by atoms with Crippen molar-refractivity contribution in [1.82, 2.24) is 20.6 Å². The van der Waals surface area contributed by atoms with Crippen molar-refractivity contribution in [2.45, 2.75) is 109 Å². The van der Waals surface area contributed by atoms with E-state index in [2.05, 4.69) is 58.0 Å². The number of rotatable bonds is 13. The van der Waals surface area contributed by atoms with Crippen LogP contribution >= 0.6 is 0 Å². The Kier molecular flexibility index (Phi) is 13.2. The van der Waals surface area contributed by atoms with E-state index in [9.17, 15) is 9.90 Å². The highest BCUT2D eigenvalue weighted by Gasteiger charge is 2.86. The molecule has 12 heteroatoms. The first-order chi connectivity index (χ1) is 30.4. The Morgan fingerprint density at radius 3 is 2.68 bits per heavy atom. The molecule has 7 atom stereocenters. The number of carbonyl (C=O) groups is 3. The number of fused-ring (bicyclic) bond motifs is 1. The summed E-state index contributed by atoms with van der Waals surface area (Å²) in [5, 5.41) is 20.8. The number of Topliss-reactive ketones (excluding diaryl/α,β-unsaturated/α-hetero) is 2. The molecule has 0 saturated carbocycles. The van der Waals surface area contributed by atoms with Crippen molar-refractivity contribution in [3.05, 3.63) is 118 Å². The Morgan fingerprint density at radius 2 is 1.90 bits per heavy atom. The Labute approximate surface area is 371 Å². The van der Waals surface area contributed by atoms with E-state index < -0.39 is 28.7 Å². The predicted molar refractivity (Wildman–Crippen MR) is 244 cm³/mol. The number of likely N-dealkylation sites (N-methyl/N-ethyl adjacent to an activating group) is 1. The Morgan fingerprint density at radius 1 is 1.05 bits per heavy atom. The number of nitrogens with two attached hydrogens (primary N) is 1. The SMILES string of the molecule is CCN[C@H]1C=C2C=CC[C@@H]3CCCC[C@@](C)(Cc4ccc(N)nc4)Cc4cccc5c4C(=O)[C@]4(O[C@@]4(C/C(CO)=C(\C)CCc4ccnc(NCNC)c4)C5=O)C(=O)OC[C@@H]1C[C@@H]23. The first-order valence-electron chi connectivity index (χ1n) is 23.0. The smallest absolute Gasteiger partial charge is 0.350 e. The molecule has 8 rings (SSSR count). The lowest BCUT2D eigenvalue weighted by Crippen LogP contribution is -2.52. The van der Waals surface area contributed by atoms with Crippen LogP contribution in [-0.2, 0) is 33.5 Å². The number of benzene rings is 1. The quantitative estimate of drug-likeness (QED) is 0.0396. The molecule has 1 fully saturated rings. The van der Waals surface area contributed by atoms with E-state index in [1.165, 1.54) is 5.57 Å². The third-order valence-corrected chi connectivity index (χ3v) is 14.5. The molecule has 0 unspecified atom stereocenters. The number of carbonyl (C=O) groups excluding carboxylic acids is 3. The fraction of sp³-hybridized carbons (Fsp3) is 0.510. The molecule has 6 N–H and O–H groups in total. The highest BCUT2D eigenvalue weighted by Crippen LogP contribution is 2.60. The number of ether oxygens (including phenoxy) is 2. The summed E-state index contributed by atoms with van der Waals surface area (Å²) in [4.78, 5) is 54.3. The maximum Gasteiger partial charge on any atom is 0.350 e. The molecule has 1 saturated heterocycles. The normalized spacial score (nSPS) is 29.5. The number of esters is 1. The minimum atomic E-state index is -2.18. The van der Waals surface area contributed by atoms with Gasteiger partial charge in [0.1, 0.15) is 11.6 Å². The standard InChI is InChI=1S/C51H64N6O6/c1-5-54-42-24-36-12-8-11-35-10-6-7-20-49(3,25-34-17-18-43(52)56-28-34)26-37-13-9-14-40-45(37)47(60)51(48(61)62-30-38(42)23-41(35)36)50(63-51,46(40)59)27-39(29-58)32(2)15-16-33-19-21-55-44(22-33)57-31-53-4/h8-9,12-14,17-19,21-22,24,28,35,38,41-42,53-54,58H,5-7,10-11,15-16,20,23,25-27,29-31H2,1-4H3,(H2,52,56)(H,55,57)/b39-32-/t35-,38-,41+,42-,49-,50-,51-/m0/s1. The van der Waals surface area contributed by atoms with Gasteiger partial charge in [0.05, 0.1) is 19.9 Å². The van der Waals surface area contributed by atoms with Gasteiger partial charge in [-0.2, -0.15) is 0 Å². The van der Waals surface area contributed by atoms with E-state index in [1.807, 2.05) is 56.6 Å². The third-order valence-electron chi connectivity index (χ3n) is 14.5. The van der Waals surface area contributed by atoms with E-state index >= 15 is 9.59 Å². The van der Waals surface area contributed by atoms with Crippen LogP contribution in [0.15, 0.2) is 89.8 Å². The summed E-state index contributed by atoms with van der Waals surface area (Å²) in [5.74, 6) is 0.162. The van der Waals surface area contributed by atoms with Gasteiger partial charge >= 0.3 is 5.97 Å². The van der Waals surface area contributed by atoms with Gasteiger partial charge in [-0.3, -0.25) is 9.59 Å². The van der Waals surface area contributed by atoms with Gasteiger partial charge in [0.25, 0.3) is 5.60 Å². The molecular weight excluding hydrogens is 793 g/mol. The summed E-state index contributed by atoms with van der Waals surface area (Å²) < 4.78 is 12.8. The second kappa shape index (κ2) is 18.6. The van der Waals surface area contributed by atoms with Gasteiger partial charge in [0, 0.05) is 41.9 Å². The van der Waals surface area contributed by atoms with Gasteiger partial charge in [-0.05, 0) is 135 Å². The van der Waals surface area contributed by atoms with Crippen molar-refractivity contribution in [3.8, 4) is 0 Å². The van der Waals surface area contributed by atoms with Gasteiger partial charge in [0.15, 0.2) is 11.4 Å². The molecule has 3 aromatic rings. The minimum absolute atomic E-state index is 0.0244. The zero-order valence-corrected chi connectivity index (χ0v) is 37.3. The molecule has 12 nitrogen and oxygen atoms in total. The fourth-order valence-electron chi connectivity index (χ4n) is 11.1. The van der Waals surface area contributed by atoms with E-state index in [4.69, 9.17) is 15.2 Å². The molecule has 2 aromatic heterocycles. The Balaban J connectivity index is 1.17. The lowest BCUT2D eigenvalue weighted by Gasteiger charge is -2.40. The minimum Gasteiger partial charge on any atom is -0.463 e. The maximum absolute atomic E-state index is 15.4. The van der Waals surface area contributed by atoms with Gasteiger partial charge in [-0.15, -0.1) is 0 Å². The average Bonchev–Trinajstić information content (AvgIpc) is 3.99.